The maximum Gasteiger partial charge on any atom is 0.174 e. The van der Waals surface area contributed by atoms with E-state index in [0.717, 1.165) is 46.7 Å². The highest BCUT2D eigenvalue weighted by atomic mass is 32.1. The van der Waals surface area contributed by atoms with Crippen LogP contribution in [0, 0.1) is 11.8 Å². The van der Waals surface area contributed by atoms with Crippen molar-refractivity contribution >= 4 is 39.4 Å². The smallest absolute Gasteiger partial charge is 0.174 e. The van der Waals surface area contributed by atoms with Crippen molar-refractivity contribution in [2.75, 3.05) is 36.5 Å². The molecule has 7 nitrogen and oxygen atoms in total. The zero-order chi connectivity index (χ0) is 22.0. The van der Waals surface area contributed by atoms with Crippen LogP contribution in [0.4, 0.5) is 17.1 Å². The van der Waals surface area contributed by atoms with Crippen LogP contribution in [-0.2, 0) is 10.3 Å². The number of aromatic nitrogens is 3. The van der Waals surface area contributed by atoms with Gasteiger partial charge in [0.2, 0.25) is 0 Å². The van der Waals surface area contributed by atoms with Crippen LogP contribution in [0.1, 0.15) is 17.5 Å². The van der Waals surface area contributed by atoms with Gasteiger partial charge in [0.25, 0.3) is 0 Å². The van der Waals surface area contributed by atoms with Gasteiger partial charge in [-0.2, -0.15) is 0 Å². The van der Waals surface area contributed by atoms with E-state index in [1.807, 2.05) is 35.8 Å². The van der Waals surface area contributed by atoms with Crippen molar-refractivity contribution in [3.63, 3.8) is 0 Å². The first-order valence-electron chi connectivity index (χ1n) is 10.4. The van der Waals surface area contributed by atoms with Gasteiger partial charge in [0, 0.05) is 48.0 Å². The van der Waals surface area contributed by atoms with E-state index in [1.54, 1.807) is 19.3 Å². The molecule has 0 aliphatic carbocycles. The van der Waals surface area contributed by atoms with E-state index >= 15 is 0 Å². The lowest BCUT2D eigenvalue weighted by atomic mass is 10.1. The highest BCUT2D eigenvalue weighted by molar-refractivity contribution is 7.09. The minimum Gasteiger partial charge on any atom is -0.378 e. The Hall–Kier alpha value is -3.38. The number of nitrogens with one attached hydrogen (secondary N) is 2. The van der Waals surface area contributed by atoms with Gasteiger partial charge in [-0.25, -0.2) is 9.97 Å². The van der Waals surface area contributed by atoms with Gasteiger partial charge in [-0.3, -0.25) is 0 Å². The number of ether oxygens (including phenoxy) is 1. The third-order valence-corrected chi connectivity index (χ3v) is 6.36. The Morgan fingerprint density at radius 3 is 2.84 bits per heavy atom. The van der Waals surface area contributed by atoms with Gasteiger partial charge in [-0.15, -0.1) is 11.3 Å². The van der Waals surface area contributed by atoms with E-state index in [9.17, 15) is 5.11 Å². The van der Waals surface area contributed by atoms with Crippen LogP contribution in [0.25, 0.3) is 11.0 Å². The molecule has 5 rings (SSSR count). The fraction of sp³-hybridized carbons (Fsp3) is 0.250. The molecule has 4 aromatic rings. The summed E-state index contributed by atoms with van der Waals surface area (Å²) in [4.78, 5) is 14.0. The molecule has 0 radical (unpaired) electrons. The Labute approximate surface area is 190 Å². The number of H-pyrrole nitrogens is 1. The van der Waals surface area contributed by atoms with Crippen molar-refractivity contribution in [2.24, 2.45) is 0 Å². The fourth-order valence-electron chi connectivity index (χ4n) is 3.72. The fourth-order valence-corrected chi connectivity index (χ4v) is 4.37. The lowest BCUT2D eigenvalue weighted by Gasteiger charge is -2.31. The van der Waals surface area contributed by atoms with E-state index < -0.39 is 5.60 Å². The molecule has 1 aliphatic rings. The van der Waals surface area contributed by atoms with Crippen LogP contribution in [0.5, 0.6) is 0 Å². The normalized spacial score (nSPS) is 15.8. The second-order valence-electron chi connectivity index (χ2n) is 7.71. The summed E-state index contributed by atoms with van der Waals surface area (Å²) in [5.74, 6) is 6.10. The summed E-state index contributed by atoms with van der Waals surface area (Å²) in [6.07, 6.45) is 5.34. The number of nitrogens with zero attached hydrogens (tertiary/aromatic N) is 3. The quantitative estimate of drug-likeness (QED) is 0.414. The standard InChI is InChI=1S/C24H23N5O2S/c1-24(30,23-27-10-15-32-23)7-4-17-2-3-21(29-11-13-31-14-12-29)20(16-17)28-19-6-9-26-22-18(19)5-8-25-22/h2-3,5-6,8-10,15-16,30H,11-14H2,1H3,(H2,25,26,28). The summed E-state index contributed by atoms with van der Waals surface area (Å²) in [5.41, 5.74) is 3.34. The van der Waals surface area contributed by atoms with Crippen molar-refractivity contribution < 1.29 is 9.84 Å². The zero-order valence-corrected chi connectivity index (χ0v) is 18.4. The molecule has 4 heterocycles. The van der Waals surface area contributed by atoms with E-state index in [4.69, 9.17) is 4.74 Å². The predicted octanol–water partition coefficient (Wildman–Crippen LogP) is 3.86. The maximum absolute atomic E-state index is 10.7. The highest BCUT2D eigenvalue weighted by Gasteiger charge is 2.23. The van der Waals surface area contributed by atoms with Crippen LogP contribution in [0.3, 0.4) is 0 Å². The largest absolute Gasteiger partial charge is 0.378 e. The highest BCUT2D eigenvalue weighted by Crippen LogP contribution is 2.33. The van der Waals surface area contributed by atoms with Gasteiger partial charge in [-0.05, 0) is 37.3 Å². The Balaban J connectivity index is 1.52. The summed E-state index contributed by atoms with van der Waals surface area (Å²) in [6, 6.07) is 10.1. The Morgan fingerprint density at radius 1 is 1.16 bits per heavy atom. The van der Waals surface area contributed by atoms with Gasteiger partial charge in [0.05, 0.1) is 30.3 Å². The number of aliphatic hydroxyl groups is 1. The predicted molar refractivity (Wildman–Crippen MR) is 127 cm³/mol. The molecule has 1 atom stereocenters. The van der Waals surface area contributed by atoms with E-state index in [2.05, 4.69) is 43.1 Å². The van der Waals surface area contributed by atoms with Gasteiger partial charge >= 0.3 is 0 Å². The van der Waals surface area contributed by atoms with Crippen LogP contribution in [0.15, 0.2) is 54.3 Å². The lowest BCUT2D eigenvalue weighted by molar-refractivity contribution is 0.121. The molecule has 1 unspecified atom stereocenters. The lowest BCUT2D eigenvalue weighted by Crippen LogP contribution is -2.36. The molecule has 0 bridgehead atoms. The van der Waals surface area contributed by atoms with E-state index in [-0.39, 0.29) is 0 Å². The molecule has 0 spiro atoms. The Bertz CT molecular complexity index is 1280. The number of hydrogen-bond donors (Lipinski definition) is 3. The van der Waals surface area contributed by atoms with Gasteiger partial charge in [0.1, 0.15) is 10.7 Å². The third-order valence-electron chi connectivity index (χ3n) is 5.38. The molecule has 1 saturated heterocycles. The summed E-state index contributed by atoms with van der Waals surface area (Å²) >= 11 is 1.39. The zero-order valence-electron chi connectivity index (χ0n) is 17.6. The second-order valence-corrected chi connectivity index (χ2v) is 8.61. The molecule has 1 aliphatic heterocycles. The number of pyridine rings is 1. The van der Waals surface area contributed by atoms with Crippen molar-refractivity contribution in [3.8, 4) is 11.8 Å². The molecule has 3 N–H and O–H groups in total. The van der Waals surface area contributed by atoms with E-state index in [1.165, 1.54) is 11.3 Å². The number of morpholine rings is 1. The molecule has 0 saturated carbocycles. The monoisotopic (exact) mass is 445 g/mol. The maximum atomic E-state index is 10.7. The minimum absolute atomic E-state index is 0.583. The first kappa shape index (κ1) is 20.5. The molecule has 3 aromatic heterocycles. The molecule has 1 fully saturated rings. The van der Waals surface area contributed by atoms with Crippen molar-refractivity contribution in [2.45, 2.75) is 12.5 Å². The molecule has 8 heteroatoms. The number of aromatic amines is 1. The SMILES string of the molecule is CC(O)(C#Cc1ccc(N2CCOCC2)c(Nc2ccnc3[nH]ccc23)c1)c1nccs1. The Morgan fingerprint density at radius 2 is 2.03 bits per heavy atom. The van der Waals surface area contributed by atoms with Crippen molar-refractivity contribution in [1.82, 2.24) is 15.0 Å². The summed E-state index contributed by atoms with van der Waals surface area (Å²) in [5, 5.41) is 17.7. The molecule has 0 amide bonds. The number of thiazole rings is 1. The summed E-state index contributed by atoms with van der Waals surface area (Å²) in [6.45, 7) is 4.73. The Kier molecular flexibility index (Phi) is 5.53. The number of rotatable bonds is 4. The average Bonchev–Trinajstić information content (AvgIpc) is 3.52. The summed E-state index contributed by atoms with van der Waals surface area (Å²) < 4.78 is 5.53. The van der Waals surface area contributed by atoms with Crippen LogP contribution in [0.2, 0.25) is 0 Å². The van der Waals surface area contributed by atoms with Crippen molar-refractivity contribution in [1.29, 1.82) is 0 Å². The average molecular weight is 446 g/mol. The number of hydrogen-bond acceptors (Lipinski definition) is 7. The van der Waals surface area contributed by atoms with Crippen LogP contribution < -0.4 is 10.2 Å². The number of fused-ring (bicyclic) bond motifs is 1. The molecule has 162 valence electrons. The number of anilines is 3. The van der Waals surface area contributed by atoms with Gasteiger partial charge in [0.15, 0.2) is 5.60 Å². The third kappa shape index (κ3) is 4.18. The second kappa shape index (κ2) is 8.63. The van der Waals surface area contributed by atoms with Crippen LogP contribution >= 0.6 is 11.3 Å². The molecule has 1 aromatic carbocycles. The van der Waals surface area contributed by atoms with Crippen LogP contribution in [-0.4, -0.2) is 46.4 Å². The molecular weight excluding hydrogens is 422 g/mol. The van der Waals surface area contributed by atoms with E-state index in [0.29, 0.717) is 18.2 Å². The minimum atomic E-state index is -1.30. The number of benzene rings is 1. The molecular formula is C24H23N5O2S. The van der Waals surface area contributed by atoms with Gasteiger partial charge in [-0.1, -0.05) is 11.8 Å². The first-order chi connectivity index (χ1) is 15.6. The van der Waals surface area contributed by atoms with Gasteiger partial charge < -0.3 is 25.0 Å². The first-order valence-corrected chi connectivity index (χ1v) is 11.3. The molecule has 32 heavy (non-hydrogen) atoms. The van der Waals surface area contributed by atoms with Crippen molar-refractivity contribution in [3.05, 3.63) is 64.9 Å². The topological polar surface area (TPSA) is 86.3 Å². The summed E-state index contributed by atoms with van der Waals surface area (Å²) in [7, 11) is 0.